The number of ether oxygens (including phenoxy) is 1. The second kappa shape index (κ2) is 11.5. The van der Waals surface area contributed by atoms with Crippen molar-refractivity contribution >= 4 is 21.6 Å². The van der Waals surface area contributed by atoms with Gasteiger partial charge in [-0.15, -0.1) is 0 Å². The number of anilines is 1. The van der Waals surface area contributed by atoms with Gasteiger partial charge in [0, 0.05) is 13.1 Å². The zero-order chi connectivity index (χ0) is 23.8. The van der Waals surface area contributed by atoms with Gasteiger partial charge in [-0.3, -0.25) is 14.0 Å². The Hall–Kier alpha value is -2.58. The van der Waals surface area contributed by atoms with E-state index in [4.69, 9.17) is 4.74 Å². The zero-order valence-electron chi connectivity index (χ0n) is 19.8. The van der Waals surface area contributed by atoms with E-state index >= 15 is 0 Å². The second-order valence-corrected chi connectivity index (χ2v) is 10.4. The molecule has 0 radical (unpaired) electrons. The smallest absolute Gasteiger partial charge is 0.244 e. The number of amides is 1. The summed E-state index contributed by atoms with van der Waals surface area (Å²) in [6.45, 7) is 5.42. The minimum absolute atomic E-state index is 0.323. The van der Waals surface area contributed by atoms with Crippen LogP contribution in [0.4, 0.5) is 5.69 Å². The summed E-state index contributed by atoms with van der Waals surface area (Å²) in [5.74, 6) is 0.296. The maximum atomic E-state index is 13.0. The van der Waals surface area contributed by atoms with Gasteiger partial charge in [-0.2, -0.15) is 0 Å². The van der Waals surface area contributed by atoms with Crippen molar-refractivity contribution in [2.75, 3.05) is 30.8 Å². The van der Waals surface area contributed by atoms with Crippen molar-refractivity contribution in [3.8, 4) is 5.75 Å². The van der Waals surface area contributed by atoms with E-state index in [0.29, 0.717) is 24.4 Å². The Balaban J connectivity index is 1.64. The van der Waals surface area contributed by atoms with Crippen LogP contribution >= 0.6 is 0 Å². The first-order chi connectivity index (χ1) is 15.8. The molecule has 0 bridgehead atoms. The lowest BCUT2D eigenvalue weighted by molar-refractivity contribution is -0.122. The molecular formula is C25H35N3O4S. The van der Waals surface area contributed by atoms with Gasteiger partial charge in [0.2, 0.25) is 15.9 Å². The third-order valence-electron chi connectivity index (χ3n) is 6.00. The van der Waals surface area contributed by atoms with Gasteiger partial charge in [0.1, 0.15) is 11.8 Å². The summed E-state index contributed by atoms with van der Waals surface area (Å²) in [5, 5.41) is 2.92. The first-order valence-corrected chi connectivity index (χ1v) is 13.4. The van der Waals surface area contributed by atoms with Gasteiger partial charge >= 0.3 is 0 Å². The van der Waals surface area contributed by atoms with Crippen LogP contribution in [0.15, 0.2) is 48.5 Å². The molecule has 0 unspecified atom stereocenters. The first kappa shape index (κ1) is 25.1. The molecule has 7 nitrogen and oxygen atoms in total. The highest BCUT2D eigenvalue weighted by Gasteiger charge is 2.31. The summed E-state index contributed by atoms with van der Waals surface area (Å²) in [7, 11) is -2.12. The number of carbonyl (C=O) groups excluding carboxylic acids is 1. The molecule has 0 spiro atoms. The van der Waals surface area contributed by atoms with Gasteiger partial charge in [0.05, 0.1) is 19.1 Å². The molecule has 1 atom stereocenters. The number of methoxy groups -OCH3 is 1. The maximum absolute atomic E-state index is 13.0. The van der Waals surface area contributed by atoms with Crippen molar-refractivity contribution in [1.29, 1.82) is 0 Å². The molecule has 0 saturated carbocycles. The summed E-state index contributed by atoms with van der Waals surface area (Å²) in [4.78, 5) is 15.5. The Morgan fingerprint density at radius 3 is 2.18 bits per heavy atom. The largest absolute Gasteiger partial charge is 0.497 e. The Morgan fingerprint density at radius 1 is 1.03 bits per heavy atom. The molecule has 1 amide bonds. The Labute approximate surface area is 197 Å². The molecule has 33 heavy (non-hydrogen) atoms. The molecule has 3 rings (SSSR count). The molecular weight excluding hydrogens is 438 g/mol. The van der Waals surface area contributed by atoms with Crippen molar-refractivity contribution in [2.24, 2.45) is 0 Å². The molecule has 1 N–H and O–H groups in total. The number of sulfonamides is 1. The van der Waals surface area contributed by atoms with E-state index in [0.717, 1.165) is 31.5 Å². The highest BCUT2D eigenvalue weighted by Crippen LogP contribution is 2.25. The molecule has 0 aromatic heterocycles. The lowest BCUT2D eigenvalue weighted by atomic mass is 10.1. The average molecular weight is 474 g/mol. The lowest BCUT2D eigenvalue weighted by Crippen LogP contribution is -2.49. The van der Waals surface area contributed by atoms with E-state index < -0.39 is 16.1 Å². The quantitative estimate of drug-likeness (QED) is 0.571. The van der Waals surface area contributed by atoms with Crippen LogP contribution in [-0.4, -0.2) is 51.7 Å². The number of benzene rings is 2. The fourth-order valence-electron chi connectivity index (χ4n) is 4.23. The van der Waals surface area contributed by atoms with Crippen molar-refractivity contribution in [3.05, 3.63) is 59.7 Å². The lowest BCUT2D eigenvalue weighted by Gasteiger charge is -2.30. The number of nitrogens with zero attached hydrogens (tertiary/aromatic N) is 2. The number of piperidine rings is 1. The SMILES string of the molecule is CC[C@H](C(=O)NCc1ccc(CN2CCCCC2)cc1)N(c1ccc(OC)cc1)S(C)(=O)=O. The number of likely N-dealkylation sites (tertiary alicyclic amines) is 1. The molecule has 180 valence electrons. The third kappa shape index (κ3) is 6.95. The summed E-state index contributed by atoms with van der Waals surface area (Å²) in [6.07, 6.45) is 5.32. The molecule has 8 heteroatoms. The molecule has 2 aromatic carbocycles. The third-order valence-corrected chi connectivity index (χ3v) is 7.18. The Bertz CT molecular complexity index is 1000. The molecule has 1 aliphatic heterocycles. The summed E-state index contributed by atoms with van der Waals surface area (Å²) >= 11 is 0. The van der Waals surface area contributed by atoms with E-state index in [2.05, 4.69) is 22.3 Å². The van der Waals surface area contributed by atoms with Gasteiger partial charge in [-0.25, -0.2) is 8.42 Å². The number of hydrogen-bond acceptors (Lipinski definition) is 5. The van der Waals surface area contributed by atoms with Crippen LogP contribution in [-0.2, 0) is 27.9 Å². The number of hydrogen-bond donors (Lipinski definition) is 1. The molecule has 1 saturated heterocycles. The van der Waals surface area contributed by atoms with Gasteiger partial charge in [-0.05, 0) is 67.7 Å². The van der Waals surface area contributed by atoms with Crippen molar-refractivity contribution in [3.63, 3.8) is 0 Å². The van der Waals surface area contributed by atoms with E-state index in [-0.39, 0.29) is 5.91 Å². The maximum Gasteiger partial charge on any atom is 0.244 e. The van der Waals surface area contributed by atoms with Crippen molar-refractivity contribution in [2.45, 2.75) is 51.7 Å². The van der Waals surface area contributed by atoms with Crippen molar-refractivity contribution < 1.29 is 17.9 Å². The average Bonchev–Trinajstić information content (AvgIpc) is 2.82. The van der Waals surface area contributed by atoms with Gasteiger partial charge in [0.25, 0.3) is 0 Å². The van der Waals surface area contributed by atoms with Gasteiger partial charge in [0.15, 0.2) is 0 Å². The standard InChI is InChI=1S/C25H35N3O4S/c1-4-24(28(33(3,30)31)22-12-14-23(32-2)15-13-22)25(29)26-18-20-8-10-21(11-9-20)19-27-16-6-5-7-17-27/h8-15,24H,4-7,16-19H2,1-3H3,(H,26,29)/t24-/m1/s1. The molecule has 1 aliphatic rings. The van der Waals surface area contributed by atoms with Crippen LogP contribution in [0.5, 0.6) is 5.75 Å². The topological polar surface area (TPSA) is 79.0 Å². The normalized spacial score (nSPS) is 15.6. The molecule has 2 aromatic rings. The zero-order valence-corrected chi connectivity index (χ0v) is 20.6. The minimum atomic E-state index is -3.67. The van der Waals surface area contributed by atoms with Crippen LogP contribution in [0.25, 0.3) is 0 Å². The number of nitrogens with one attached hydrogen (secondary N) is 1. The minimum Gasteiger partial charge on any atom is -0.497 e. The van der Waals surface area contributed by atoms with Crippen LogP contribution < -0.4 is 14.4 Å². The monoisotopic (exact) mass is 473 g/mol. The van der Waals surface area contributed by atoms with Gasteiger partial charge < -0.3 is 10.1 Å². The van der Waals surface area contributed by atoms with E-state index in [1.807, 2.05) is 12.1 Å². The molecule has 1 heterocycles. The molecule has 1 fully saturated rings. The summed E-state index contributed by atoms with van der Waals surface area (Å²) < 4.78 is 31.5. The summed E-state index contributed by atoms with van der Waals surface area (Å²) in [5.41, 5.74) is 2.68. The fourth-order valence-corrected chi connectivity index (χ4v) is 5.45. The predicted octanol–water partition coefficient (Wildman–Crippen LogP) is 3.54. The van der Waals surface area contributed by atoms with E-state index in [1.54, 1.807) is 38.3 Å². The van der Waals surface area contributed by atoms with E-state index in [9.17, 15) is 13.2 Å². The van der Waals surface area contributed by atoms with Gasteiger partial charge in [-0.1, -0.05) is 37.6 Å². The Kier molecular flexibility index (Phi) is 8.74. The number of rotatable bonds is 10. The highest BCUT2D eigenvalue weighted by molar-refractivity contribution is 7.92. The highest BCUT2D eigenvalue weighted by atomic mass is 32.2. The van der Waals surface area contributed by atoms with Crippen LogP contribution in [0.2, 0.25) is 0 Å². The van der Waals surface area contributed by atoms with E-state index in [1.165, 1.54) is 29.1 Å². The summed E-state index contributed by atoms with van der Waals surface area (Å²) in [6, 6.07) is 14.1. The molecule has 0 aliphatic carbocycles. The van der Waals surface area contributed by atoms with Crippen molar-refractivity contribution in [1.82, 2.24) is 10.2 Å². The van der Waals surface area contributed by atoms with Crippen LogP contribution in [0.1, 0.15) is 43.7 Å². The first-order valence-electron chi connectivity index (χ1n) is 11.5. The second-order valence-electron chi connectivity index (χ2n) is 8.55. The number of carbonyl (C=O) groups is 1. The fraction of sp³-hybridized carbons (Fsp3) is 0.480. The van der Waals surface area contributed by atoms with Crippen LogP contribution in [0, 0.1) is 0 Å². The van der Waals surface area contributed by atoms with Crippen LogP contribution in [0.3, 0.4) is 0 Å². The predicted molar refractivity (Wildman–Crippen MR) is 132 cm³/mol. The Morgan fingerprint density at radius 2 is 1.64 bits per heavy atom.